The molecule has 1 aromatic carbocycles. The Morgan fingerprint density at radius 3 is 2.83 bits per heavy atom. The van der Waals surface area contributed by atoms with Crippen molar-refractivity contribution in [2.75, 3.05) is 0 Å². The molecule has 0 saturated heterocycles. The highest BCUT2D eigenvalue weighted by atomic mass is 16.3. The van der Waals surface area contributed by atoms with Gasteiger partial charge in [0.2, 0.25) is 0 Å². The standard InChI is InChI=1S/C16H23NO/c1-4-5-8-12(2)17-11-15-13(3)18-16-10-7-6-9-14(15)16/h6-7,9-10,12,17H,4-5,8,11H2,1-3H3. The van der Waals surface area contributed by atoms with Crippen molar-refractivity contribution in [3.63, 3.8) is 0 Å². The zero-order chi connectivity index (χ0) is 13.0. The molecule has 0 amide bonds. The maximum Gasteiger partial charge on any atom is 0.134 e. The molecule has 2 heteroatoms. The first kappa shape index (κ1) is 13.2. The SMILES string of the molecule is CCCCC(C)NCc1c(C)oc2ccccc12. The minimum Gasteiger partial charge on any atom is -0.461 e. The fourth-order valence-electron chi connectivity index (χ4n) is 2.33. The molecule has 0 spiro atoms. The number of para-hydroxylation sites is 1. The zero-order valence-corrected chi connectivity index (χ0v) is 11.6. The molecule has 18 heavy (non-hydrogen) atoms. The molecule has 0 radical (unpaired) electrons. The van der Waals surface area contributed by atoms with Crippen LogP contribution in [-0.2, 0) is 6.54 Å². The fraction of sp³-hybridized carbons (Fsp3) is 0.500. The monoisotopic (exact) mass is 245 g/mol. The van der Waals surface area contributed by atoms with Crippen molar-refractivity contribution < 1.29 is 4.42 Å². The molecule has 0 aliphatic carbocycles. The van der Waals surface area contributed by atoms with Crippen LogP contribution in [0, 0.1) is 6.92 Å². The fourth-order valence-corrected chi connectivity index (χ4v) is 2.33. The highest BCUT2D eigenvalue weighted by Crippen LogP contribution is 2.25. The van der Waals surface area contributed by atoms with Gasteiger partial charge in [0.15, 0.2) is 0 Å². The molecule has 2 aromatic rings. The summed E-state index contributed by atoms with van der Waals surface area (Å²) in [6, 6.07) is 8.83. The van der Waals surface area contributed by atoms with Gasteiger partial charge in [-0.2, -0.15) is 0 Å². The van der Waals surface area contributed by atoms with Crippen LogP contribution in [0.5, 0.6) is 0 Å². The molecule has 1 N–H and O–H groups in total. The number of hydrogen-bond acceptors (Lipinski definition) is 2. The van der Waals surface area contributed by atoms with Crippen LogP contribution in [0.3, 0.4) is 0 Å². The zero-order valence-electron chi connectivity index (χ0n) is 11.6. The molecule has 1 atom stereocenters. The third-order valence-corrected chi connectivity index (χ3v) is 3.52. The Morgan fingerprint density at radius 2 is 2.06 bits per heavy atom. The summed E-state index contributed by atoms with van der Waals surface area (Å²) in [4.78, 5) is 0. The molecule has 1 heterocycles. The molecule has 2 rings (SSSR count). The van der Waals surface area contributed by atoms with Gasteiger partial charge in [-0.15, -0.1) is 0 Å². The molecular formula is C16H23NO. The van der Waals surface area contributed by atoms with Gasteiger partial charge in [-0.3, -0.25) is 0 Å². The number of hydrogen-bond donors (Lipinski definition) is 1. The van der Waals surface area contributed by atoms with Crippen LogP contribution >= 0.6 is 0 Å². The quantitative estimate of drug-likeness (QED) is 0.815. The first-order valence-corrected chi connectivity index (χ1v) is 6.92. The van der Waals surface area contributed by atoms with Crippen molar-refractivity contribution in [2.45, 2.75) is 52.6 Å². The highest BCUT2D eigenvalue weighted by Gasteiger charge is 2.10. The number of nitrogens with one attached hydrogen (secondary N) is 1. The summed E-state index contributed by atoms with van der Waals surface area (Å²) in [5.74, 6) is 1.03. The van der Waals surface area contributed by atoms with Crippen molar-refractivity contribution in [2.24, 2.45) is 0 Å². The van der Waals surface area contributed by atoms with E-state index in [-0.39, 0.29) is 0 Å². The molecule has 0 fully saturated rings. The number of unbranched alkanes of at least 4 members (excludes halogenated alkanes) is 1. The van der Waals surface area contributed by atoms with Gasteiger partial charge in [-0.1, -0.05) is 38.0 Å². The lowest BCUT2D eigenvalue weighted by molar-refractivity contribution is 0.489. The highest BCUT2D eigenvalue weighted by molar-refractivity contribution is 5.82. The second kappa shape index (κ2) is 6.05. The van der Waals surface area contributed by atoms with Crippen LogP contribution in [0.15, 0.2) is 28.7 Å². The van der Waals surface area contributed by atoms with Gasteiger partial charge in [0, 0.05) is 23.5 Å². The largest absolute Gasteiger partial charge is 0.461 e. The molecule has 98 valence electrons. The minimum atomic E-state index is 0.568. The predicted molar refractivity (Wildman–Crippen MR) is 76.8 cm³/mol. The van der Waals surface area contributed by atoms with E-state index in [0.717, 1.165) is 17.9 Å². The predicted octanol–water partition coefficient (Wildman–Crippen LogP) is 4.41. The van der Waals surface area contributed by atoms with E-state index < -0.39 is 0 Å². The van der Waals surface area contributed by atoms with Crippen molar-refractivity contribution in [3.8, 4) is 0 Å². The van der Waals surface area contributed by atoms with Gasteiger partial charge in [-0.25, -0.2) is 0 Å². The maximum absolute atomic E-state index is 5.77. The van der Waals surface area contributed by atoms with Crippen molar-refractivity contribution in [3.05, 3.63) is 35.6 Å². The Bertz CT molecular complexity index is 501. The first-order chi connectivity index (χ1) is 8.72. The van der Waals surface area contributed by atoms with Gasteiger partial charge < -0.3 is 9.73 Å². The molecule has 1 unspecified atom stereocenters. The molecule has 0 aliphatic heterocycles. The Labute approximate surface area is 109 Å². The summed E-state index contributed by atoms with van der Waals surface area (Å²) >= 11 is 0. The maximum atomic E-state index is 5.77. The average molecular weight is 245 g/mol. The van der Waals surface area contributed by atoms with Crippen molar-refractivity contribution in [1.82, 2.24) is 5.32 Å². The summed E-state index contributed by atoms with van der Waals surface area (Å²) in [6.07, 6.45) is 3.80. The van der Waals surface area contributed by atoms with Crippen LogP contribution in [0.1, 0.15) is 44.4 Å². The van der Waals surface area contributed by atoms with Gasteiger partial charge in [0.1, 0.15) is 11.3 Å². The number of rotatable bonds is 6. The van der Waals surface area contributed by atoms with Crippen LogP contribution in [0.4, 0.5) is 0 Å². The topological polar surface area (TPSA) is 25.2 Å². The molecular weight excluding hydrogens is 222 g/mol. The van der Waals surface area contributed by atoms with Crippen molar-refractivity contribution >= 4 is 11.0 Å². The van der Waals surface area contributed by atoms with Gasteiger partial charge >= 0.3 is 0 Å². The average Bonchev–Trinajstić information content (AvgIpc) is 2.69. The number of aryl methyl sites for hydroxylation is 1. The Hall–Kier alpha value is -1.28. The second-order valence-electron chi connectivity index (χ2n) is 5.06. The third kappa shape index (κ3) is 2.94. The summed E-state index contributed by atoms with van der Waals surface area (Å²) in [6.45, 7) is 7.44. The van der Waals surface area contributed by atoms with E-state index >= 15 is 0 Å². The number of fused-ring (bicyclic) bond motifs is 1. The van der Waals surface area contributed by atoms with Gasteiger partial charge in [-0.05, 0) is 26.3 Å². The van der Waals surface area contributed by atoms with E-state index in [4.69, 9.17) is 4.42 Å². The van der Waals surface area contributed by atoms with Crippen LogP contribution < -0.4 is 5.32 Å². The Morgan fingerprint density at radius 1 is 1.28 bits per heavy atom. The molecule has 0 saturated carbocycles. The van der Waals surface area contributed by atoms with E-state index in [9.17, 15) is 0 Å². The summed E-state index contributed by atoms with van der Waals surface area (Å²) in [7, 11) is 0. The van der Waals surface area contributed by atoms with Crippen molar-refractivity contribution in [1.29, 1.82) is 0 Å². The lowest BCUT2D eigenvalue weighted by atomic mass is 10.1. The van der Waals surface area contributed by atoms with Crippen LogP contribution in [0.25, 0.3) is 11.0 Å². The van der Waals surface area contributed by atoms with Gasteiger partial charge in [0.05, 0.1) is 0 Å². The van der Waals surface area contributed by atoms with Crippen LogP contribution in [0.2, 0.25) is 0 Å². The Kier molecular flexibility index (Phi) is 4.43. The smallest absolute Gasteiger partial charge is 0.134 e. The lowest BCUT2D eigenvalue weighted by Crippen LogP contribution is -2.25. The number of furan rings is 1. The van der Waals surface area contributed by atoms with Crippen LogP contribution in [-0.4, -0.2) is 6.04 Å². The molecule has 1 aromatic heterocycles. The summed E-state index contributed by atoms with van der Waals surface area (Å²) < 4.78 is 5.77. The second-order valence-corrected chi connectivity index (χ2v) is 5.06. The van der Waals surface area contributed by atoms with E-state index in [1.54, 1.807) is 0 Å². The van der Waals surface area contributed by atoms with E-state index in [2.05, 4.69) is 31.3 Å². The molecule has 0 bridgehead atoms. The summed E-state index contributed by atoms with van der Waals surface area (Å²) in [5.41, 5.74) is 2.29. The Balaban J connectivity index is 2.05. The lowest BCUT2D eigenvalue weighted by Gasteiger charge is -2.12. The van der Waals surface area contributed by atoms with Gasteiger partial charge in [0.25, 0.3) is 0 Å². The number of benzene rings is 1. The van der Waals surface area contributed by atoms with E-state index in [1.165, 1.54) is 30.2 Å². The molecule has 0 aliphatic rings. The van der Waals surface area contributed by atoms with E-state index in [0.29, 0.717) is 6.04 Å². The minimum absolute atomic E-state index is 0.568. The first-order valence-electron chi connectivity index (χ1n) is 6.92. The molecule has 2 nitrogen and oxygen atoms in total. The van der Waals surface area contributed by atoms with E-state index in [1.807, 2.05) is 19.1 Å². The summed E-state index contributed by atoms with van der Waals surface area (Å²) in [5, 5.41) is 4.83. The third-order valence-electron chi connectivity index (χ3n) is 3.52. The normalized spacial score (nSPS) is 13.1.